The van der Waals surface area contributed by atoms with E-state index in [-0.39, 0.29) is 11.9 Å². The van der Waals surface area contributed by atoms with E-state index in [0.717, 1.165) is 24.6 Å². The van der Waals surface area contributed by atoms with Gasteiger partial charge in [-0.3, -0.25) is 4.79 Å². The third-order valence-electron chi connectivity index (χ3n) is 4.94. The smallest absolute Gasteiger partial charge is 0.265 e. The van der Waals surface area contributed by atoms with Crippen LogP contribution in [0.4, 0.5) is 0 Å². The van der Waals surface area contributed by atoms with Crippen molar-refractivity contribution in [1.29, 1.82) is 0 Å². The second-order valence-corrected chi connectivity index (χ2v) is 7.52. The average molecular weight is 322 g/mol. The van der Waals surface area contributed by atoms with Gasteiger partial charge in [0.15, 0.2) is 0 Å². The van der Waals surface area contributed by atoms with E-state index in [4.69, 9.17) is 0 Å². The van der Waals surface area contributed by atoms with Crippen molar-refractivity contribution < 1.29 is 4.79 Å². The number of carbonyl (C=O) groups is 1. The van der Waals surface area contributed by atoms with Crippen molar-refractivity contribution in [3.05, 3.63) is 10.6 Å². The van der Waals surface area contributed by atoms with Gasteiger partial charge < -0.3 is 10.2 Å². The molecule has 1 saturated carbocycles. The van der Waals surface area contributed by atoms with Gasteiger partial charge in [-0.2, -0.15) is 0 Å². The van der Waals surface area contributed by atoms with Crippen molar-refractivity contribution in [3.8, 4) is 0 Å². The van der Waals surface area contributed by atoms with Crippen LogP contribution in [-0.4, -0.2) is 46.1 Å². The van der Waals surface area contributed by atoms with Gasteiger partial charge in [0, 0.05) is 19.1 Å². The number of likely N-dealkylation sites (tertiary alicyclic amines) is 1. The molecule has 1 aliphatic carbocycles. The topological polar surface area (TPSA) is 58.1 Å². The minimum Gasteiger partial charge on any atom is -0.347 e. The summed E-state index contributed by atoms with van der Waals surface area (Å²) in [5.41, 5.74) is 0.734. The van der Waals surface area contributed by atoms with Gasteiger partial charge in [-0.15, -0.1) is 5.10 Å². The van der Waals surface area contributed by atoms with Crippen LogP contribution in [-0.2, 0) is 0 Å². The highest BCUT2D eigenvalue weighted by Crippen LogP contribution is 2.25. The fraction of sp³-hybridized carbons (Fsp3) is 0.812. The molecule has 22 heavy (non-hydrogen) atoms. The zero-order chi connectivity index (χ0) is 15.4. The van der Waals surface area contributed by atoms with Crippen LogP contribution in [0.5, 0.6) is 0 Å². The molecule has 2 aliphatic rings. The average Bonchev–Trinajstić information content (AvgIpc) is 2.95. The van der Waals surface area contributed by atoms with Crippen molar-refractivity contribution in [3.63, 3.8) is 0 Å². The summed E-state index contributed by atoms with van der Waals surface area (Å²) in [6.45, 7) is 5.24. The van der Waals surface area contributed by atoms with E-state index in [0.29, 0.717) is 4.88 Å². The van der Waals surface area contributed by atoms with E-state index in [9.17, 15) is 4.79 Å². The molecule has 2 heterocycles. The molecule has 1 aliphatic heterocycles. The number of aryl methyl sites for hydroxylation is 1. The van der Waals surface area contributed by atoms with Crippen LogP contribution in [0.2, 0.25) is 0 Å². The lowest BCUT2D eigenvalue weighted by atomic mass is 9.88. The van der Waals surface area contributed by atoms with E-state index < -0.39 is 0 Å². The molecule has 6 heteroatoms. The Kier molecular flexibility index (Phi) is 5.41. The first-order valence-corrected chi connectivity index (χ1v) is 9.32. The summed E-state index contributed by atoms with van der Waals surface area (Å²) in [6.07, 6.45) is 9.25. The Morgan fingerprint density at radius 2 is 2.09 bits per heavy atom. The molecule has 1 aromatic rings. The summed E-state index contributed by atoms with van der Waals surface area (Å²) >= 11 is 1.19. The molecule has 2 fully saturated rings. The Morgan fingerprint density at radius 1 is 1.27 bits per heavy atom. The highest BCUT2D eigenvalue weighted by Gasteiger charge is 2.25. The maximum atomic E-state index is 12.3. The van der Waals surface area contributed by atoms with Gasteiger partial charge in [0.2, 0.25) is 0 Å². The summed E-state index contributed by atoms with van der Waals surface area (Å²) in [7, 11) is 0. The zero-order valence-corrected chi connectivity index (χ0v) is 14.2. The van der Waals surface area contributed by atoms with Crippen LogP contribution < -0.4 is 5.32 Å². The van der Waals surface area contributed by atoms with Crippen molar-refractivity contribution >= 4 is 17.4 Å². The second-order valence-electron chi connectivity index (χ2n) is 6.76. The molecule has 1 amide bonds. The lowest BCUT2D eigenvalue weighted by molar-refractivity contribution is 0.0893. The van der Waals surface area contributed by atoms with Gasteiger partial charge in [0.05, 0.1) is 5.69 Å². The van der Waals surface area contributed by atoms with Crippen LogP contribution in [0.15, 0.2) is 0 Å². The minimum absolute atomic E-state index is 0.00276. The van der Waals surface area contributed by atoms with Crippen molar-refractivity contribution in [2.75, 3.05) is 19.6 Å². The molecule has 0 spiro atoms. The molecule has 1 unspecified atom stereocenters. The van der Waals surface area contributed by atoms with E-state index >= 15 is 0 Å². The maximum Gasteiger partial charge on any atom is 0.265 e. The predicted octanol–water partition coefficient (Wildman–Crippen LogP) is 2.62. The van der Waals surface area contributed by atoms with Gasteiger partial charge in [-0.05, 0) is 56.6 Å². The van der Waals surface area contributed by atoms with Crippen LogP contribution in [0.1, 0.15) is 60.3 Å². The lowest BCUT2D eigenvalue weighted by Crippen LogP contribution is -2.48. The Labute approximate surface area is 136 Å². The summed E-state index contributed by atoms with van der Waals surface area (Å²) < 4.78 is 3.85. The SMILES string of the molecule is Cc1nnsc1C(=O)NC1CCCN(CC2CCCCC2)C1. The Balaban J connectivity index is 1.50. The Bertz CT molecular complexity index is 498. The fourth-order valence-electron chi connectivity index (χ4n) is 3.76. The van der Waals surface area contributed by atoms with E-state index in [1.807, 2.05) is 6.92 Å². The third kappa shape index (κ3) is 4.04. The highest BCUT2D eigenvalue weighted by atomic mass is 32.1. The molecule has 5 nitrogen and oxygen atoms in total. The van der Waals surface area contributed by atoms with Crippen LogP contribution in [0.3, 0.4) is 0 Å². The van der Waals surface area contributed by atoms with E-state index in [1.54, 1.807) is 0 Å². The summed E-state index contributed by atoms with van der Waals surface area (Å²) in [4.78, 5) is 15.5. The van der Waals surface area contributed by atoms with Gasteiger partial charge >= 0.3 is 0 Å². The van der Waals surface area contributed by atoms with Gasteiger partial charge in [0.25, 0.3) is 5.91 Å². The molecule has 1 aromatic heterocycles. The zero-order valence-electron chi connectivity index (χ0n) is 13.4. The highest BCUT2D eigenvalue weighted by molar-refractivity contribution is 7.08. The van der Waals surface area contributed by atoms with Crippen molar-refractivity contribution in [2.45, 2.75) is 57.9 Å². The number of rotatable bonds is 4. The number of amides is 1. The number of piperidine rings is 1. The molecule has 0 bridgehead atoms. The van der Waals surface area contributed by atoms with Crippen molar-refractivity contribution in [2.24, 2.45) is 5.92 Å². The van der Waals surface area contributed by atoms with Crippen LogP contribution in [0.25, 0.3) is 0 Å². The van der Waals surface area contributed by atoms with Crippen LogP contribution in [0, 0.1) is 12.8 Å². The van der Waals surface area contributed by atoms with Crippen LogP contribution >= 0.6 is 11.5 Å². The number of nitrogens with zero attached hydrogens (tertiary/aromatic N) is 3. The first-order valence-electron chi connectivity index (χ1n) is 8.54. The maximum absolute atomic E-state index is 12.3. The molecular weight excluding hydrogens is 296 g/mol. The van der Waals surface area contributed by atoms with Gasteiger partial charge in [0.1, 0.15) is 4.88 Å². The predicted molar refractivity (Wildman–Crippen MR) is 88.1 cm³/mol. The Hall–Kier alpha value is -1.01. The molecule has 1 saturated heterocycles. The molecule has 3 rings (SSSR count). The standard InChI is InChI=1S/C16H26N4OS/c1-12-15(22-19-18-12)16(21)17-14-8-5-9-20(11-14)10-13-6-3-2-4-7-13/h13-14H,2-11H2,1H3,(H,17,21). The number of hydrogen-bond donors (Lipinski definition) is 1. The minimum atomic E-state index is -0.00276. The van der Waals surface area contributed by atoms with E-state index in [1.165, 1.54) is 63.1 Å². The first kappa shape index (κ1) is 15.9. The summed E-state index contributed by atoms with van der Waals surface area (Å²) in [5, 5.41) is 7.10. The molecule has 122 valence electrons. The van der Waals surface area contributed by atoms with Crippen molar-refractivity contribution in [1.82, 2.24) is 19.8 Å². The summed E-state index contributed by atoms with van der Waals surface area (Å²) in [6, 6.07) is 0.270. The third-order valence-corrected chi connectivity index (χ3v) is 5.77. The van der Waals surface area contributed by atoms with Gasteiger partial charge in [-0.1, -0.05) is 23.8 Å². The monoisotopic (exact) mass is 322 g/mol. The van der Waals surface area contributed by atoms with E-state index in [2.05, 4.69) is 19.8 Å². The van der Waals surface area contributed by atoms with Gasteiger partial charge in [-0.25, -0.2) is 0 Å². The molecule has 1 N–H and O–H groups in total. The number of nitrogens with one attached hydrogen (secondary N) is 1. The Morgan fingerprint density at radius 3 is 2.82 bits per heavy atom. The number of carbonyl (C=O) groups excluding carboxylic acids is 1. The lowest BCUT2D eigenvalue weighted by Gasteiger charge is -2.36. The molecule has 0 aromatic carbocycles. The molecular formula is C16H26N4OS. The first-order chi connectivity index (χ1) is 10.7. The number of hydrogen-bond acceptors (Lipinski definition) is 5. The number of aromatic nitrogens is 2. The fourth-order valence-corrected chi connectivity index (χ4v) is 4.32. The second kappa shape index (κ2) is 7.51. The largest absolute Gasteiger partial charge is 0.347 e. The molecule has 0 radical (unpaired) electrons. The molecule has 1 atom stereocenters. The quantitative estimate of drug-likeness (QED) is 0.926. The normalized spacial score (nSPS) is 24.3. The summed E-state index contributed by atoms with van der Waals surface area (Å²) in [5.74, 6) is 0.869.